The molecule has 36 heavy (non-hydrogen) atoms. The van der Waals surface area contributed by atoms with Crippen LogP contribution in [0, 0.1) is 0 Å². The van der Waals surface area contributed by atoms with E-state index in [2.05, 4.69) is 15.4 Å². The van der Waals surface area contributed by atoms with E-state index in [1.54, 1.807) is 25.1 Å². The first-order valence-corrected chi connectivity index (χ1v) is 13.5. The number of ether oxygens (including phenoxy) is 1. The van der Waals surface area contributed by atoms with Crippen molar-refractivity contribution in [2.75, 3.05) is 25.9 Å². The summed E-state index contributed by atoms with van der Waals surface area (Å²) in [6.45, 7) is 3.26. The summed E-state index contributed by atoms with van der Waals surface area (Å²) < 4.78 is 56.2. The standard InChI is InChI=1S/C24H28Cl2F3N3O3S/c1-3-36(34)22-7-6-17(25)9-16(22)12-31-23(33)15-10-20(26)19(21(11-15)35-24(27,28)29)14-32-8-4-5-18(13-32)30-2/h6-7,9-11,18,30H,3-5,8,12-14H2,1-2H3,(H,31,33). The van der Waals surface area contributed by atoms with Gasteiger partial charge >= 0.3 is 6.36 Å². The molecule has 2 unspecified atom stereocenters. The van der Waals surface area contributed by atoms with Crippen LogP contribution >= 0.6 is 23.2 Å². The van der Waals surface area contributed by atoms with Crippen molar-refractivity contribution < 1.29 is 26.9 Å². The molecule has 1 aliphatic heterocycles. The van der Waals surface area contributed by atoms with E-state index in [0.717, 1.165) is 18.9 Å². The fourth-order valence-corrected chi connectivity index (χ4v) is 5.53. The van der Waals surface area contributed by atoms with Crippen LogP contribution in [-0.2, 0) is 23.9 Å². The number of carbonyl (C=O) groups is 1. The fraction of sp³-hybridized carbons (Fsp3) is 0.458. The highest BCUT2D eigenvalue weighted by molar-refractivity contribution is 7.85. The van der Waals surface area contributed by atoms with Crippen molar-refractivity contribution in [1.82, 2.24) is 15.5 Å². The number of hydrogen-bond donors (Lipinski definition) is 2. The maximum Gasteiger partial charge on any atom is 0.573 e. The molecule has 0 spiro atoms. The van der Waals surface area contributed by atoms with Crippen molar-refractivity contribution in [3.05, 3.63) is 57.1 Å². The summed E-state index contributed by atoms with van der Waals surface area (Å²) in [5.74, 6) is -0.789. The number of alkyl halides is 3. The van der Waals surface area contributed by atoms with E-state index in [0.29, 0.717) is 34.3 Å². The first kappa shape index (κ1) is 28.7. The highest BCUT2D eigenvalue weighted by atomic mass is 35.5. The molecular weight excluding hydrogens is 538 g/mol. The zero-order valence-electron chi connectivity index (χ0n) is 19.9. The molecule has 1 saturated heterocycles. The number of amides is 1. The molecule has 198 valence electrons. The summed E-state index contributed by atoms with van der Waals surface area (Å²) in [7, 11) is 0.562. The summed E-state index contributed by atoms with van der Waals surface area (Å²) in [6.07, 6.45) is -3.08. The zero-order valence-corrected chi connectivity index (χ0v) is 22.2. The van der Waals surface area contributed by atoms with Gasteiger partial charge in [-0.2, -0.15) is 0 Å². The lowest BCUT2D eigenvalue weighted by Gasteiger charge is -2.33. The van der Waals surface area contributed by atoms with Crippen molar-refractivity contribution in [3.8, 4) is 5.75 Å². The number of halogens is 5. The summed E-state index contributed by atoms with van der Waals surface area (Å²) in [4.78, 5) is 15.4. The Balaban J connectivity index is 1.84. The lowest BCUT2D eigenvalue weighted by molar-refractivity contribution is -0.275. The van der Waals surface area contributed by atoms with E-state index in [9.17, 15) is 22.2 Å². The Bertz CT molecular complexity index is 1120. The number of rotatable bonds is 9. The largest absolute Gasteiger partial charge is 0.573 e. The number of hydrogen-bond acceptors (Lipinski definition) is 5. The molecule has 0 saturated carbocycles. The van der Waals surface area contributed by atoms with Gasteiger partial charge in [0.2, 0.25) is 0 Å². The maximum absolute atomic E-state index is 13.2. The third-order valence-electron chi connectivity index (χ3n) is 5.91. The van der Waals surface area contributed by atoms with E-state index in [1.165, 1.54) is 6.07 Å². The third kappa shape index (κ3) is 7.82. The molecule has 2 aromatic carbocycles. The minimum absolute atomic E-state index is 0.00372. The van der Waals surface area contributed by atoms with Gasteiger partial charge in [-0.1, -0.05) is 30.1 Å². The van der Waals surface area contributed by atoms with E-state index >= 15 is 0 Å². The number of benzene rings is 2. The molecule has 1 aliphatic rings. The minimum Gasteiger partial charge on any atom is -0.405 e. The number of likely N-dealkylation sites (N-methyl/N-ethyl adjacent to an activating group) is 1. The smallest absolute Gasteiger partial charge is 0.405 e. The number of likely N-dealkylation sites (tertiary alicyclic amines) is 1. The normalized spacial score (nSPS) is 17.6. The minimum atomic E-state index is -4.96. The lowest BCUT2D eigenvalue weighted by Crippen LogP contribution is -2.44. The van der Waals surface area contributed by atoms with Crippen molar-refractivity contribution in [1.29, 1.82) is 0 Å². The van der Waals surface area contributed by atoms with Gasteiger partial charge in [0.05, 0.1) is 10.8 Å². The molecule has 2 atom stereocenters. The van der Waals surface area contributed by atoms with Crippen molar-refractivity contribution in [2.45, 2.75) is 50.2 Å². The first-order chi connectivity index (χ1) is 17.0. The maximum atomic E-state index is 13.2. The van der Waals surface area contributed by atoms with Crippen LogP contribution in [0.5, 0.6) is 5.75 Å². The van der Waals surface area contributed by atoms with Crippen LogP contribution in [0.3, 0.4) is 0 Å². The van der Waals surface area contributed by atoms with Crippen molar-refractivity contribution in [3.63, 3.8) is 0 Å². The molecule has 1 heterocycles. The Morgan fingerprint density at radius 1 is 1.25 bits per heavy atom. The number of carbonyl (C=O) groups excluding carboxylic acids is 1. The number of nitrogens with one attached hydrogen (secondary N) is 2. The second-order valence-electron chi connectivity index (χ2n) is 8.41. The molecule has 2 N–H and O–H groups in total. The predicted octanol–water partition coefficient (Wildman–Crippen LogP) is 5.13. The second-order valence-corrected chi connectivity index (χ2v) is 11.0. The van der Waals surface area contributed by atoms with Crippen LogP contribution in [0.4, 0.5) is 13.2 Å². The van der Waals surface area contributed by atoms with E-state index in [4.69, 9.17) is 23.2 Å². The Kier molecular flexibility index (Phi) is 10.1. The third-order valence-corrected chi connectivity index (χ3v) is 7.89. The molecule has 0 radical (unpaired) electrons. The van der Waals surface area contributed by atoms with Gasteiger partial charge in [0, 0.05) is 57.5 Å². The molecular formula is C24H28Cl2F3N3O3S. The molecule has 12 heteroatoms. The number of piperidine rings is 1. The van der Waals surface area contributed by atoms with Crippen molar-refractivity contribution >= 4 is 39.9 Å². The molecule has 6 nitrogen and oxygen atoms in total. The van der Waals surface area contributed by atoms with Gasteiger partial charge < -0.3 is 15.4 Å². The van der Waals surface area contributed by atoms with Gasteiger partial charge in [-0.25, -0.2) is 0 Å². The quantitative estimate of drug-likeness (QED) is 0.441. The topological polar surface area (TPSA) is 70.7 Å². The van der Waals surface area contributed by atoms with Gasteiger partial charge in [0.15, 0.2) is 0 Å². The van der Waals surface area contributed by atoms with Crippen molar-refractivity contribution in [2.24, 2.45) is 0 Å². The zero-order chi connectivity index (χ0) is 26.5. The highest BCUT2D eigenvalue weighted by Crippen LogP contribution is 2.34. The Labute approximate surface area is 220 Å². The van der Waals surface area contributed by atoms with Gasteiger partial charge in [0.1, 0.15) is 5.75 Å². The van der Waals surface area contributed by atoms with Crippen LogP contribution in [0.25, 0.3) is 0 Å². The van der Waals surface area contributed by atoms with Crippen LogP contribution in [0.1, 0.15) is 41.3 Å². The second kappa shape index (κ2) is 12.6. The molecule has 3 rings (SSSR count). The molecule has 0 aromatic heterocycles. The molecule has 0 aliphatic carbocycles. The van der Waals surface area contributed by atoms with E-state index < -0.39 is 28.8 Å². The van der Waals surface area contributed by atoms with Crippen LogP contribution in [-0.4, -0.2) is 53.3 Å². The van der Waals surface area contributed by atoms with Gasteiger partial charge in [0.25, 0.3) is 5.91 Å². The monoisotopic (exact) mass is 565 g/mol. The summed E-state index contributed by atoms with van der Waals surface area (Å²) >= 11 is 12.4. The molecule has 1 amide bonds. The van der Waals surface area contributed by atoms with E-state index in [-0.39, 0.29) is 35.3 Å². The van der Waals surface area contributed by atoms with Gasteiger partial charge in [-0.05, 0) is 62.3 Å². The highest BCUT2D eigenvalue weighted by Gasteiger charge is 2.34. The molecule has 1 fully saturated rings. The van der Waals surface area contributed by atoms with Crippen LogP contribution < -0.4 is 15.4 Å². The van der Waals surface area contributed by atoms with Gasteiger partial charge in [-0.15, -0.1) is 13.2 Å². The van der Waals surface area contributed by atoms with Crippen LogP contribution in [0.15, 0.2) is 35.2 Å². The fourth-order valence-electron chi connectivity index (χ4n) is 4.11. The first-order valence-electron chi connectivity index (χ1n) is 11.4. The molecule has 2 aromatic rings. The Morgan fingerprint density at radius 2 is 2.00 bits per heavy atom. The van der Waals surface area contributed by atoms with Gasteiger partial charge in [-0.3, -0.25) is 13.9 Å². The average molecular weight is 566 g/mol. The summed E-state index contributed by atoms with van der Waals surface area (Å²) in [6, 6.07) is 7.44. The Hall–Kier alpha value is -1.85. The van der Waals surface area contributed by atoms with E-state index in [1.807, 2.05) is 11.9 Å². The molecule has 0 bridgehead atoms. The average Bonchev–Trinajstić information content (AvgIpc) is 2.83. The lowest BCUT2D eigenvalue weighted by atomic mass is 10.0. The van der Waals surface area contributed by atoms with Crippen LogP contribution in [0.2, 0.25) is 10.0 Å². The summed E-state index contributed by atoms with van der Waals surface area (Å²) in [5, 5.41) is 6.25. The Morgan fingerprint density at radius 3 is 2.67 bits per heavy atom. The predicted molar refractivity (Wildman–Crippen MR) is 135 cm³/mol. The SMILES string of the molecule is CCS(=O)c1ccc(Cl)cc1CNC(=O)c1cc(Cl)c(CN2CCCC(NC)C2)c(OC(F)(F)F)c1. The summed E-state index contributed by atoms with van der Waals surface area (Å²) in [5.41, 5.74) is 0.627. The number of nitrogens with zero attached hydrogens (tertiary/aromatic N) is 1.